The van der Waals surface area contributed by atoms with Crippen molar-refractivity contribution < 1.29 is 9.84 Å². The normalized spacial score (nSPS) is 16.6. The molecule has 0 aliphatic carbocycles. The average molecular weight is 514 g/mol. The first-order valence-corrected chi connectivity index (χ1v) is 14.4. The second-order valence-electron chi connectivity index (χ2n) is 10.3. The summed E-state index contributed by atoms with van der Waals surface area (Å²) in [6.45, 7) is 7.43. The predicted octanol–water partition coefficient (Wildman–Crippen LogP) is 6.33. The molecule has 2 saturated heterocycles. The van der Waals surface area contributed by atoms with Crippen molar-refractivity contribution >= 4 is 21.4 Å². The minimum absolute atomic E-state index is 0.307. The third kappa shape index (κ3) is 5.82. The molecule has 4 heterocycles. The van der Waals surface area contributed by atoms with Crippen molar-refractivity contribution in [1.82, 2.24) is 14.8 Å². The van der Waals surface area contributed by atoms with E-state index in [1.807, 2.05) is 18.3 Å². The number of phenolic OH excluding ortho intramolecular Hbond substituents is 1. The zero-order valence-electron chi connectivity index (χ0n) is 21.4. The van der Waals surface area contributed by atoms with Crippen LogP contribution in [0.5, 0.6) is 11.5 Å². The van der Waals surface area contributed by atoms with Gasteiger partial charge in [0.2, 0.25) is 0 Å². The number of nitrogens with zero attached hydrogens (tertiary/aromatic N) is 3. The van der Waals surface area contributed by atoms with Crippen LogP contribution in [-0.2, 0) is 13.0 Å². The zero-order valence-corrected chi connectivity index (χ0v) is 22.2. The van der Waals surface area contributed by atoms with Gasteiger partial charge in [0.25, 0.3) is 0 Å². The van der Waals surface area contributed by atoms with Gasteiger partial charge in [0, 0.05) is 35.3 Å². The fraction of sp³-hybridized carbons (Fsp3) is 0.387. The minimum Gasteiger partial charge on any atom is -0.508 e. The summed E-state index contributed by atoms with van der Waals surface area (Å²) in [7, 11) is 0. The molecule has 0 saturated carbocycles. The lowest BCUT2D eigenvalue weighted by atomic mass is 9.99. The van der Waals surface area contributed by atoms with Gasteiger partial charge in [0.05, 0.1) is 5.69 Å². The molecule has 0 spiro atoms. The number of aromatic hydroxyl groups is 1. The molecule has 1 N–H and O–H groups in total. The molecule has 0 unspecified atom stereocenters. The van der Waals surface area contributed by atoms with E-state index in [2.05, 4.69) is 46.2 Å². The van der Waals surface area contributed by atoms with E-state index in [0.29, 0.717) is 5.75 Å². The Morgan fingerprint density at radius 1 is 0.865 bits per heavy atom. The third-order valence-electron chi connectivity index (χ3n) is 7.62. The van der Waals surface area contributed by atoms with Crippen molar-refractivity contribution in [3.05, 3.63) is 77.6 Å². The van der Waals surface area contributed by atoms with Crippen LogP contribution in [0.15, 0.2) is 60.8 Å². The number of ether oxygens (including phenoxy) is 1. The van der Waals surface area contributed by atoms with Crippen LogP contribution in [0.25, 0.3) is 20.5 Å². The Labute approximate surface area is 223 Å². The molecule has 2 aliphatic rings. The van der Waals surface area contributed by atoms with E-state index < -0.39 is 0 Å². The smallest absolute Gasteiger partial charge is 0.119 e. The number of pyridine rings is 1. The van der Waals surface area contributed by atoms with Gasteiger partial charge in [0.1, 0.15) is 18.1 Å². The SMILES string of the molecule is Oc1ccc2c(Cc3ccc(CN4CCCC4)nc3)c(-c3ccc(OCCN4CCCC4)cc3)sc2c1. The highest BCUT2D eigenvalue weighted by atomic mass is 32.1. The Kier molecular flexibility index (Phi) is 7.40. The molecule has 37 heavy (non-hydrogen) atoms. The van der Waals surface area contributed by atoms with E-state index in [1.165, 1.54) is 78.8 Å². The lowest BCUT2D eigenvalue weighted by Crippen LogP contribution is -2.25. The Hall–Kier alpha value is -2.93. The van der Waals surface area contributed by atoms with Crippen LogP contribution >= 0.6 is 11.3 Å². The Morgan fingerprint density at radius 2 is 1.62 bits per heavy atom. The van der Waals surface area contributed by atoms with E-state index in [0.717, 1.165) is 42.3 Å². The maximum Gasteiger partial charge on any atom is 0.119 e. The lowest BCUT2D eigenvalue weighted by Gasteiger charge is -2.15. The first-order valence-electron chi connectivity index (χ1n) is 13.6. The quantitative estimate of drug-likeness (QED) is 0.283. The molecule has 5 nitrogen and oxygen atoms in total. The highest BCUT2D eigenvalue weighted by molar-refractivity contribution is 7.22. The van der Waals surface area contributed by atoms with Gasteiger partial charge in [-0.05, 0) is 122 Å². The molecule has 2 fully saturated rings. The van der Waals surface area contributed by atoms with Crippen molar-refractivity contribution in [2.75, 3.05) is 39.3 Å². The highest BCUT2D eigenvalue weighted by Crippen LogP contribution is 2.41. The summed E-state index contributed by atoms with van der Waals surface area (Å²) in [6, 6.07) is 18.6. The third-order valence-corrected chi connectivity index (χ3v) is 8.86. The summed E-state index contributed by atoms with van der Waals surface area (Å²) in [4.78, 5) is 11.0. The van der Waals surface area contributed by atoms with Crippen LogP contribution < -0.4 is 4.74 Å². The van der Waals surface area contributed by atoms with E-state index in [4.69, 9.17) is 9.72 Å². The zero-order chi connectivity index (χ0) is 25.0. The fourth-order valence-electron chi connectivity index (χ4n) is 5.58. The largest absolute Gasteiger partial charge is 0.508 e. The van der Waals surface area contributed by atoms with Gasteiger partial charge in [0.15, 0.2) is 0 Å². The van der Waals surface area contributed by atoms with Gasteiger partial charge < -0.3 is 9.84 Å². The van der Waals surface area contributed by atoms with Crippen LogP contribution in [0.2, 0.25) is 0 Å². The first-order chi connectivity index (χ1) is 18.2. The molecule has 0 amide bonds. The molecule has 0 bridgehead atoms. The highest BCUT2D eigenvalue weighted by Gasteiger charge is 2.17. The molecule has 4 aromatic rings. The second kappa shape index (κ2) is 11.2. The second-order valence-corrected chi connectivity index (χ2v) is 11.4. The van der Waals surface area contributed by atoms with Crippen molar-refractivity contribution in [3.8, 4) is 21.9 Å². The van der Waals surface area contributed by atoms with Crippen LogP contribution in [-0.4, -0.2) is 59.2 Å². The number of aromatic nitrogens is 1. The van der Waals surface area contributed by atoms with Crippen LogP contribution in [0.4, 0.5) is 0 Å². The van der Waals surface area contributed by atoms with Gasteiger partial charge >= 0.3 is 0 Å². The molecule has 0 radical (unpaired) electrons. The number of likely N-dealkylation sites (tertiary alicyclic amines) is 2. The maximum absolute atomic E-state index is 10.1. The summed E-state index contributed by atoms with van der Waals surface area (Å²) in [5.41, 5.74) is 4.82. The topological polar surface area (TPSA) is 48.8 Å². The molecule has 2 aromatic carbocycles. The molecule has 2 aliphatic heterocycles. The number of hydrogen-bond acceptors (Lipinski definition) is 6. The molecule has 6 rings (SSSR count). The van der Waals surface area contributed by atoms with Gasteiger partial charge in [-0.1, -0.05) is 6.07 Å². The standard InChI is InChI=1S/C31H35N3O2S/c35-26-9-12-28-29(19-23-5-8-25(32-21-23)22-34-15-3-4-16-34)31(37-30(28)20-26)24-6-10-27(11-7-24)36-18-17-33-13-1-2-14-33/h5-12,20-21,35H,1-4,13-19,22H2. The average Bonchev–Trinajstić information content (AvgIpc) is 3.68. The van der Waals surface area contributed by atoms with Crippen molar-refractivity contribution in [2.45, 2.75) is 38.6 Å². The van der Waals surface area contributed by atoms with Gasteiger partial charge in [-0.15, -0.1) is 11.3 Å². The van der Waals surface area contributed by atoms with Gasteiger partial charge in [-0.3, -0.25) is 14.8 Å². The molecule has 192 valence electrons. The number of phenols is 1. The van der Waals surface area contributed by atoms with Crippen molar-refractivity contribution in [2.24, 2.45) is 0 Å². The number of rotatable bonds is 9. The fourth-order valence-corrected chi connectivity index (χ4v) is 6.84. The van der Waals surface area contributed by atoms with Crippen LogP contribution in [0.3, 0.4) is 0 Å². The Morgan fingerprint density at radius 3 is 2.35 bits per heavy atom. The van der Waals surface area contributed by atoms with Gasteiger partial charge in [-0.25, -0.2) is 0 Å². The predicted molar refractivity (Wildman–Crippen MR) is 152 cm³/mol. The summed E-state index contributed by atoms with van der Waals surface area (Å²) in [5, 5.41) is 11.3. The first kappa shape index (κ1) is 24.4. The minimum atomic E-state index is 0.307. The Balaban J connectivity index is 1.21. The number of hydrogen-bond donors (Lipinski definition) is 1. The van der Waals surface area contributed by atoms with Crippen LogP contribution in [0, 0.1) is 0 Å². The lowest BCUT2D eigenvalue weighted by molar-refractivity contribution is 0.238. The Bertz CT molecular complexity index is 1320. The summed E-state index contributed by atoms with van der Waals surface area (Å²) >= 11 is 1.74. The molecule has 6 heteroatoms. The van der Waals surface area contributed by atoms with Crippen molar-refractivity contribution in [1.29, 1.82) is 0 Å². The monoisotopic (exact) mass is 513 g/mol. The van der Waals surface area contributed by atoms with E-state index in [1.54, 1.807) is 17.4 Å². The summed E-state index contributed by atoms with van der Waals surface area (Å²) in [5.74, 6) is 1.22. The maximum atomic E-state index is 10.1. The summed E-state index contributed by atoms with van der Waals surface area (Å²) < 4.78 is 7.14. The number of benzene rings is 2. The van der Waals surface area contributed by atoms with Crippen LogP contribution in [0.1, 0.15) is 42.5 Å². The molecule has 2 aromatic heterocycles. The number of thiophene rings is 1. The molecular formula is C31H35N3O2S. The van der Waals surface area contributed by atoms with E-state index >= 15 is 0 Å². The van der Waals surface area contributed by atoms with Crippen molar-refractivity contribution in [3.63, 3.8) is 0 Å². The van der Waals surface area contributed by atoms with Gasteiger partial charge in [-0.2, -0.15) is 0 Å². The summed E-state index contributed by atoms with van der Waals surface area (Å²) in [6.07, 6.45) is 8.06. The molecular weight excluding hydrogens is 478 g/mol. The number of fused-ring (bicyclic) bond motifs is 1. The van der Waals surface area contributed by atoms with E-state index in [9.17, 15) is 5.11 Å². The van der Waals surface area contributed by atoms with E-state index in [-0.39, 0.29) is 0 Å². The molecule has 0 atom stereocenters.